The number of carbonyl (C=O) groups is 1. The molecule has 1 aromatic heterocycles. The van der Waals surface area contributed by atoms with E-state index in [9.17, 15) is 4.79 Å². The number of nitrogens with zero attached hydrogens (tertiary/aromatic N) is 2. The second kappa shape index (κ2) is 11.2. The molecule has 5 nitrogen and oxygen atoms in total. The second-order valence-corrected chi connectivity index (χ2v) is 9.45. The summed E-state index contributed by atoms with van der Waals surface area (Å²) in [6.07, 6.45) is 5.01. The van der Waals surface area contributed by atoms with Crippen molar-refractivity contribution in [2.45, 2.75) is 66.3 Å². The van der Waals surface area contributed by atoms with Crippen LogP contribution in [0, 0.1) is 12.3 Å². The van der Waals surface area contributed by atoms with Gasteiger partial charge in [0.05, 0.1) is 17.6 Å². The van der Waals surface area contributed by atoms with E-state index in [1.54, 1.807) is 0 Å². The van der Waals surface area contributed by atoms with Crippen LogP contribution in [0.3, 0.4) is 0 Å². The fraction of sp³-hybridized carbons (Fsp3) is 0.481. The van der Waals surface area contributed by atoms with Crippen LogP contribution in [0.5, 0.6) is 5.75 Å². The Morgan fingerprint density at radius 1 is 1.00 bits per heavy atom. The van der Waals surface area contributed by atoms with Crippen LogP contribution >= 0.6 is 0 Å². The predicted octanol–water partition coefficient (Wildman–Crippen LogP) is 5.69. The highest BCUT2D eigenvalue weighted by Crippen LogP contribution is 2.20. The molecule has 1 amide bonds. The molecule has 1 heterocycles. The molecule has 0 saturated carbocycles. The highest BCUT2D eigenvalue weighted by molar-refractivity contribution is 5.81. The lowest BCUT2D eigenvalue weighted by atomic mass is 9.96. The van der Waals surface area contributed by atoms with Crippen molar-refractivity contribution in [2.75, 3.05) is 13.2 Å². The number of para-hydroxylation sites is 3. The van der Waals surface area contributed by atoms with Gasteiger partial charge in [-0.05, 0) is 49.9 Å². The van der Waals surface area contributed by atoms with Crippen molar-refractivity contribution >= 4 is 16.9 Å². The zero-order valence-corrected chi connectivity index (χ0v) is 20.0. The van der Waals surface area contributed by atoms with Crippen LogP contribution in [0.1, 0.15) is 57.8 Å². The summed E-state index contributed by atoms with van der Waals surface area (Å²) < 4.78 is 8.33. The summed E-state index contributed by atoms with van der Waals surface area (Å²) in [5.74, 6) is 2.22. The fourth-order valence-electron chi connectivity index (χ4n) is 3.74. The van der Waals surface area contributed by atoms with Crippen molar-refractivity contribution in [1.82, 2.24) is 14.9 Å². The Kier molecular flexibility index (Phi) is 8.32. The first-order valence-corrected chi connectivity index (χ1v) is 11.8. The lowest BCUT2D eigenvalue weighted by molar-refractivity contribution is -0.128. The summed E-state index contributed by atoms with van der Waals surface area (Å²) in [4.78, 5) is 16.9. The Balaban J connectivity index is 1.50. The van der Waals surface area contributed by atoms with Gasteiger partial charge in [-0.2, -0.15) is 0 Å². The lowest BCUT2D eigenvalue weighted by Crippen LogP contribution is -2.35. The van der Waals surface area contributed by atoms with Crippen LogP contribution in [-0.2, 0) is 17.8 Å². The first kappa shape index (κ1) is 23.8. The lowest BCUT2D eigenvalue weighted by Gasteiger charge is -2.17. The number of ether oxygens (including phenoxy) is 1. The number of hydrogen-bond acceptors (Lipinski definition) is 3. The van der Waals surface area contributed by atoms with E-state index in [2.05, 4.69) is 41.1 Å². The number of benzene rings is 2. The number of hydrogen-bond donors (Lipinski definition) is 1. The molecule has 0 bridgehead atoms. The third kappa shape index (κ3) is 6.59. The van der Waals surface area contributed by atoms with Crippen molar-refractivity contribution in [1.29, 1.82) is 0 Å². The van der Waals surface area contributed by atoms with Crippen molar-refractivity contribution in [3.63, 3.8) is 0 Å². The SMILES string of the molecule is Cc1ccccc1OCCCn1c(CCCCCNC(=O)C(C)(C)C)nc2ccccc21. The summed E-state index contributed by atoms with van der Waals surface area (Å²) in [6, 6.07) is 16.5. The molecule has 3 aromatic rings. The van der Waals surface area contributed by atoms with Gasteiger partial charge in [-0.25, -0.2) is 4.98 Å². The number of aromatic nitrogens is 2. The van der Waals surface area contributed by atoms with E-state index in [1.165, 1.54) is 11.1 Å². The number of imidazole rings is 1. The van der Waals surface area contributed by atoms with Gasteiger partial charge in [-0.15, -0.1) is 0 Å². The Morgan fingerprint density at radius 3 is 2.53 bits per heavy atom. The number of amides is 1. The predicted molar refractivity (Wildman–Crippen MR) is 131 cm³/mol. The normalized spacial score (nSPS) is 11.6. The highest BCUT2D eigenvalue weighted by Gasteiger charge is 2.20. The molecule has 0 radical (unpaired) electrons. The molecule has 0 aliphatic carbocycles. The van der Waals surface area contributed by atoms with Crippen molar-refractivity contribution in [3.8, 4) is 5.75 Å². The van der Waals surface area contributed by atoms with Crippen LogP contribution in [0.4, 0.5) is 0 Å². The van der Waals surface area contributed by atoms with Crippen LogP contribution < -0.4 is 10.1 Å². The van der Waals surface area contributed by atoms with Gasteiger partial charge >= 0.3 is 0 Å². The molecular formula is C27H37N3O2. The van der Waals surface area contributed by atoms with Crippen LogP contribution in [-0.4, -0.2) is 28.6 Å². The average Bonchev–Trinajstić information content (AvgIpc) is 3.11. The minimum Gasteiger partial charge on any atom is -0.493 e. The van der Waals surface area contributed by atoms with E-state index in [-0.39, 0.29) is 11.3 Å². The molecule has 2 aromatic carbocycles. The van der Waals surface area contributed by atoms with E-state index in [1.807, 2.05) is 45.0 Å². The van der Waals surface area contributed by atoms with Crippen LogP contribution in [0.2, 0.25) is 0 Å². The Hall–Kier alpha value is -2.82. The Bertz CT molecular complexity index is 1020. The maximum Gasteiger partial charge on any atom is 0.225 e. The molecule has 0 aliphatic rings. The van der Waals surface area contributed by atoms with Gasteiger partial charge in [0.15, 0.2) is 0 Å². The zero-order valence-electron chi connectivity index (χ0n) is 20.0. The van der Waals surface area contributed by atoms with Crippen molar-refractivity contribution in [3.05, 3.63) is 59.9 Å². The standard InChI is InChI=1S/C27H37N3O2/c1-21-13-7-10-16-24(21)32-20-12-19-30-23-15-9-8-14-22(23)29-25(30)17-6-5-11-18-28-26(31)27(2,3)4/h7-10,13-16H,5-6,11-12,17-20H2,1-4H3,(H,28,31). The summed E-state index contributed by atoms with van der Waals surface area (Å²) in [5, 5.41) is 3.03. The maximum atomic E-state index is 12.0. The minimum atomic E-state index is -0.326. The number of fused-ring (bicyclic) bond motifs is 1. The molecule has 1 N–H and O–H groups in total. The molecule has 5 heteroatoms. The number of nitrogens with one attached hydrogen (secondary N) is 1. The first-order valence-electron chi connectivity index (χ1n) is 11.8. The summed E-state index contributed by atoms with van der Waals surface area (Å²) in [6.45, 7) is 10.2. The topological polar surface area (TPSA) is 56.1 Å². The second-order valence-electron chi connectivity index (χ2n) is 9.45. The molecule has 172 valence electrons. The fourth-order valence-corrected chi connectivity index (χ4v) is 3.74. The number of unbranched alkanes of at least 4 members (excludes halogenated alkanes) is 2. The molecule has 3 rings (SSSR count). The minimum absolute atomic E-state index is 0.118. The smallest absolute Gasteiger partial charge is 0.225 e. The number of aryl methyl sites for hydroxylation is 3. The molecule has 0 unspecified atom stereocenters. The molecule has 0 fully saturated rings. The van der Waals surface area contributed by atoms with Gasteiger partial charge in [-0.3, -0.25) is 4.79 Å². The van der Waals surface area contributed by atoms with Crippen molar-refractivity contribution < 1.29 is 9.53 Å². The monoisotopic (exact) mass is 435 g/mol. The zero-order chi connectivity index (χ0) is 23.0. The first-order chi connectivity index (χ1) is 15.4. The largest absolute Gasteiger partial charge is 0.493 e. The van der Waals surface area contributed by atoms with Gasteiger partial charge in [-0.1, -0.05) is 57.5 Å². The van der Waals surface area contributed by atoms with Crippen LogP contribution in [0.15, 0.2) is 48.5 Å². The van der Waals surface area contributed by atoms with Gasteiger partial charge < -0.3 is 14.6 Å². The van der Waals surface area contributed by atoms with Crippen LogP contribution in [0.25, 0.3) is 11.0 Å². The van der Waals surface area contributed by atoms with E-state index in [0.29, 0.717) is 6.61 Å². The number of carbonyl (C=O) groups excluding carboxylic acids is 1. The summed E-state index contributed by atoms with van der Waals surface area (Å²) >= 11 is 0. The highest BCUT2D eigenvalue weighted by atomic mass is 16.5. The van der Waals surface area contributed by atoms with Gasteiger partial charge in [0.1, 0.15) is 11.6 Å². The van der Waals surface area contributed by atoms with Gasteiger partial charge in [0.2, 0.25) is 5.91 Å². The number of rotatable bonds is 11. The van der Waals surface area contributed by atoms with Crippen molar-refractivity contribution in [2.24, 2.45) is 5.41 Å². The Labute approximate surface area is 192 Å². The van der Waals surface area contributed by atoms with Gasteiger partial charge in [0.25, 0.3) is 0 Å². The third-order valence-electron chi connectivity index (χ3n) is 5.65. The van der Waals surface area contributed by atoms with E-state index >= 15 is 0 Å². The maximum absolute atomic E-state index is 12.0. The molecule has 0 spiro atoms. The Morgan fingerprint density at radius 2 is 1.75 bits per heavy atom. The van der Waals surface area contributed by atoms with E-state index < -0.39 is 0 Å². The average molecular weight is 436 g/mol. The molecule has 32 heavy (non-hydrogen) atoms. The molecular weight excluding hydrogens is 398 g/mol. The summed E-state index contributed by atoms with van der Waals surface area (Å²) in [7, 11) is 0. The molecule has 0 atom stereocenters. The van der Waals surface area contributed by atoms with E-state index in [0.717, 1.165) is 62.3 Å². The molecule has 0 saturated heterocycles. The van der Waals surface area contributed by atoms with Gasteiger partial charge in [0, 0.05) is 24.9 Å². The van der Waals surface area contributed by atoms with E-state index in [4.69, 9.17) is 9.72 Å². The quantitative estimate of drug-likeness (QED) is 0.394. The third-order valence-corrected chi connectivity index (χ3v) is 5.65. The summed E-state index contributed by atoms with van der Waals surface area (Å²) in [5.41, 5.74) is 3.09. The molecule has 0 aliphatic heterocycles.